The summed E-state index contributed by atoms with van der Waals surface area (Å²) in [6, 6.07) is 7.03. The molecule has 0 radical (unpaired) electrons. The van der Waals surface area contributed by atoms with Crippen molar-refractivity contribution in [2.75, 3.05) is 0 Å². The Morgan fingerprint density at radius 3 is 3.00 bits per heavy atom. The van der Waals surface area contributed by atoms with Crippen molar-refractivity contribution >= 4 is 11.1 Å². The maximum atomic E-state index is 11.2. The first-order valence-electron chi connectivity index (χ1n) is 5.83. The number of H-pyrrole nitrogens is 1. The number of aromatic amines is 1. The van der Waals surface area contributed by atoms with Crippen molar-refractivity contribution in [3.8, 4) is 11.3 Å². The first kappa shape index (κ1) is 11.6. The average Bonchev–Trinajstić information content (AvgIpc) is 2.77. The summed E-state index contributed by atoms with van der Waals surface area (Å²) in [5, 5.41) is 6.47. The Morgan fingerprint density at radius 2 is 2.21 bits per heavy atom. The number of rotatable bonds is 2. The average molecular weight is 256 g/mol. The summed E-state index contributed by atoms with van der Waals surface area (Å²) in [5.41, 5.74) is 9.04. The lowest BCUT2D eigenvalue weighted by molar-refractivity contribution is 0.561. The van der Waals surface area contributed by atoms with Gasteiger partial charge in [0.05, 0.1) is 5.69 Å². The molecule has 3 aromatic rings. The minimum absolute atomic E-state index is 0.250. The lowest BCUT2D eigenvalue weighted by Crippen LogP contribution is -2.12. The van der Waals surface area contributed by atoms with Crippen LogP contribution in [0.25, 0.3) is 22.4 Å². The van der Waals surface area contributed by atoms with Crippen LogP contribution < -0.4 is 11.3 Å². The third-order valence-electron chi connectivity index (χ3n) is 2.88. The van der Waals surface area contributed by atoms with Gasteiger partial charge in [-0.3, -0.25) is 4.79 Å². The number of fused-ring (bicyclic) bond motifs is 1. The predicted molar refractivity (Wildman–Crippen MR) is 70.5 cm³/mol. The van der Waals surface area contributed by atoms with Crippen LogP contribution in [0, 0.1) is 6.92 Å². The quantitative estimate of drug-likeness (QED) is 0.721. The van der Waals surface area contributed by atoms with Gasteiger partial charge < -0.3 is 10.2 Å². The molecule has 0 amide bonds. The second-order valence-electron chi connectivity index (χ2n) is 4.23. The summed E-state index contributed by atoms with van der Waals surface area (Å²) in [4.78, 5) is 15.5. The van der Waals surface area contributed by atoms with Crippen molar-refractivity contribution < 1.29 is 4.42 Å². The van der Waals surface area contributed by atoms with Crippen molar-refractivity contribution in [3.63, 3.8) is 0 Å². The van der Waals surface area contributed by atoms with Gasteiger partial charge in [-0.2, -0.15) is 5.10 Å². The van der Waals surface area contributed by atoms with Crippen molar-refractivity contribution in [3.05, 3.63) is 46.1 Å². The molecule has 6 nitrogen and oxygen atoms in total. The molecule has 96 valence electrons. The Hall–Kier alpha value is -2.47. The molecule has 0 fully saturated rings. The Kier molecular flexibility index (Phi) is 2.64. The van der Waals surface area contributed by atoms with Crippen molar-refractivity contribution in [2.45, 2.75) is 13.5 Å². The van der Waals surface area contributed by atoms with E-state index in [1.807, 2.05) is 18.2 Å². The van der Waals surface area contributed by atoms with E-state index in [0.29, 0.717) is 22.7 Å². The van der Waals surface area contributed by atoms with E-state index in [9.17, 15) is 4.79 Å². The number of hydrogen-bond donors (Lipinski definition) is 2. The van der Waals surface area contributed by atoms with Crippen LogP contribution >= 0.6 is 0 Å². The van der Waals surface area contributed by atoms with Gasteiger partial charge in [-0.05, 0) is 17.7 Å². The number of aromatic nitrogens is 3. The molecule has 0 bridgehead atoms. The fourth-order valence-electron chi connectivity index (χ4n) is 2.03. The molecule has 19 heavy (non-hydrogen) atoms. The summed E-state index contributed by atoms with van der Waals surface area (Å²) < 4.78 is 5.49. The fraction of sp³-hybridized carbons (Fsp3) is 0.154. The number of hydrogen-bond acceptors (Lipinski definition) is 5. The van der Waals surface area contributed by atoms with E-state index in [1.54, 1.807) is 6.92 Å². The van der Waals surface area contributed by atoms with Gasteiger partial charge >= 0.3 is 0 Å². The van der Waals surface area contributed by atoms with Gasteiger partial charge in [0.25, 0.3) is 5.56 Å². The Morgan fingerprint density at radius 1 is 1.37 bits per heavy atom. The molecule has 3 rings (SSSR count). The molecule has 0 aliphatic rings. The molecule has 6 heteroatoms. The maximum absolute atomic E-state index is 11.2. The molecule has 0 aliphatic carbocycles. The van der Waals surface area contributed by atoms with Gasteiger partial charge in [0.15, 0.2) is 11.5 Å². The fourth-order valence-corrected chi connectivity index (χ4v) is 2.03. The highest BCUT2D eigenvalue weighted by Gasteiger charge is 2.10. The minimum Gasteiger partial charge on any atom is -0.441 e. The molecule has 3 N–H and O–H groups in total. The number of aryl methyl sites for hydroxylation is 1. The smallest absolute Gasteiger partial charge is 0.264 e. The second-order valence-corrected chi connectivity index (χ2v) is 4.23. The number of nitrogens with one attached hydrogen (secondary N) is 1. The van der Waals surface area contributed by atoms with Gasteiger partial charge in [-0.15, -0.1) is 0 Å². The van der Waals surface area contributed by atoms with Gasteiger partial charge in [0.1, 0.15) is 5.52 Å². The maximum Gasteiger partial charge on any atom is 0.264 e. The molecule has 2 aromatic heterocycles. The Bertz CT molecular complexity index is 804. The van der Waals surface area contributed by atoms with Crippen LogP contribution in [0.5, 0.6) is 0 Å². The van der Waals surface area contributed by atoms with E-state index < -0.39 is 0 Å². The lowest BCUT2D eigenvalue weighted by atomic mass is 10.1. The van der Waals surface area contributed by atoms with E-state index in [-0.39, 0.29) is 12.1 Å². The summed E-state index contributed by atoms with van der Waals surface area (Å²) in [6.45, 7) is 2.04. The van der Waals surface area contributed by atoms with Crippen LogP contribution in [0.15, 0.2) is 33.5 Å². The summed E-state index contributed by atoms with van der Waals surface area (Å²) in [6.07, 6.45) is 0. The van der Waals surface area contributed by atoms with E-state index >= 15 is 0 Å². The van der Waals surface area contributed by atoms with Gasteiger partial charge in [-0.1, -0.05) is 6.07 Å². The molecule has 2 heterocycles. The van der Waals surface area contributed by atoms with Crippen molar-refractivity contribution in [1.82, 2.24) is 15.2 Å². The van der Waals surface area contributed by atoms with E-state index in [4.69, 9.17) is 10.2 Å². The minimum atomic E-state index is -0.263. The molecule has 0 saturated heterocycles. The molecule has 0 saturated carbocycles. The Labute approximate surface area is 108 Å². The monoisotopic (exact) mass is 256 g/mol. The van der Waals surface area contributed by atoms with Gasteiger partial charge in [0, 0.05) is 25.1 Å². The third kappa shape index (κ3) is 2.02. The van der Waals surface area contributed by atoms with Crippen molar-refractivity contribution in [2.24, 2.45) is 5.73 Å². The number of oxazole rings is 1. The highest BCUT2D eigenvalue weighted by Crippen LogP contribution is 2.24. The highest BCUT2D eigenvalue weighted by atomic mass is 16.3. The Balaban J connectivity index is 2.20. The van der Waals surface area contributed by atoms with Crippen LogP contribution in [0.4, 0.5) is 0 Å². The standard InChI is InChI=1S/C13H12N4O2/c1-7-15-10-3-2-8(4-11(10)19-7)13-9(6-14)5-12(18)16-17-13/h2-5H,6,14H2,1H3,(H,16,18). The first-order chi connectivity index (χ1) is 9.17. The topological polar surface area (TPSA) is 97.8 Å². The van der Waals surface area contributed by atoms with E-state index in [0.717, 1.165) is 11.1 Å². The largest absolute Gasteiger partial charge is 0.441 e. The molecular formula is C13H12N4O2. The summed E-state index contributed by atoms with van der Waals surface area (Å²) >= 11 is 0. The SMILES string of the molecule is Cc1nc2ccc(-c3n[nH]c(=O)cc3CN)cc2o1. The highest BCUT2D eigenvalue weighted by molar-refractivity contribution is 5.79. The van der Waals surface area contributed by atoms with Crippen LogP contribution in [-0.4, -0.2) is 15.2 Å². The molecular weight excluding hydrogens is 244 g/mol. The number of nitrogens with zero attached hydrogens (tertiary/aromatic N) is 2. The number of benzene rings is 1. The predicted octanol–water partition coefficient (Wildman–Crippen LogP) is 1.35. The molecule has 0 atom stereocenters. The van der Waals surface area contributed by atoms with Crippen LogP contribution in [-0.2, 0) is 6.54 Å². The van der Waals surface area contributed by atoms with E-state index in [1.165, 1.54) is 6.07 Å². The summed E-state index contributed by atoms with van der Waals surface area (Å²) in [5.74, 6) is 0.612. The third-order valence-corrected chi connectivity index (χ3v) is 2.88. The number of nitrogens with two attached hydrogens (primary N) is 1. The normalized spacial score (nSPS) is 11.1. The molecule has 0 spiro atoms. The zero-order valence-electron chi connectivity index (χ0n) is 10.3. The van der Waals surface area contributed by atoms with Gasteiger partial charge in [0.2, 0.25) is 0 Å². The van der Waals surface area contributed by atoms with Crippen LogP contribution in [0.3, 0.4) is 0 Å². The molecule has 0 aliphatic heterocycles. The zero-order chi connectivity index (χ0) is 13.4. The van der Waals surface area contributed by atoms with Gasteiger partial charge in [-0.25, -0.2) is 10.1 Å². The van der Waals surface area contributed by atoms with Crippen molar-refractivity contribution in [1.29, 1.82) is 0 Å². The molecule has 0 unspecified atom stereocenters. The molecule has 1 aromatic carbocycles. The first-order valence-corrected chi connectivity index (χ1v) is 5.83. The van der Waals surface area contributed by atoms with Crippen LogP contribution in [0.1, 0.15) is 11.5 Å². The van der Waals surface area contributed by atoms with Crippen LogP contribution in [0.2, 0.25) is 0 Å². The lowest BCUT2D eigenvalue weighted by Gasteiger charge is -2.05. The zero-order valence-corrected chi connectivity index (χ0v) is 10.3. The second kappa shape index (κ2) is 4.33. The summed E-state index contributed by atoms with van der Waals surface area (Å²) in [7, 11) is 0. The van der Waals surface area contributed by atoms with E-state index in [2.05, 4.69) is 15.2 Å².